The van der Waals surface area contributed by atoms with Crippen molar-refractivity contribution in [2.24, 2.45) is 11.5 Å². The van der Waals surface area contributed by atoms with Crippen molar-refractivity contribution in [2.75, 3.05) is 43.4 Å². The lowest BCUT2D eigenvalue weighted by molar-refractivity contribution is -0.129. The number of piperazine rings is 1. The Morgan fingerprint density at radius 1 is 1.07 bits per heavy atom. The molecular weight excluding hydrogens is 364 g/mol. The average Bonchev–Trinajstić information content (AvgIpc) is 3.04. The van der Waals surface area contributed by atoms with Gasteiger partial charge < -0.3 is 27.0 Å². The van der Waals surface area contributed by atoms with E-state index >= 15 is 0 Å². The quantitative estimate of drug-likeness (QED) is 0.700. The molecule has 144 valence electrons. The fraction of sp³-hybridized carbons (Fsp3) is 0.500. The summed E-state index contributed by atoms with van der Waals surface area (Å²) >= 11 is 1.27. The molecule has 0 atom stereocenters. The molecular formula is C18H24N6O2S. The van der Waals surface area contributed by atoms with E-state index in [0.29, 0.717) is 23.7 Å². The van der Waals surface area contributed by atoms with Crippen molar-refractivity contribution < 1.29 is 9.59 Å². The number of primary amides is 1. The highest BCUT2D eigenvalue weighted by Gasteiger charge is 2.28. The van der Waals surface area contributed by atoms with Crippen LogP contribution in [0.25, 0.3) is 10.2 Å². The zero-order valence-corrected chi connectivity index (χ0v) is 16.0. The molecule has 2 amide bonds. The van der Waals surface area contributed by atoms with Gasteiger partial charge in [-0.1, -0.05) is 0 Å². The van der Waals surface area contributed by atoms with Gasteiger partial charge in [-0.25, -0.2) is 4.98 Å². The number of rotatable bonds is 3. The first-order valence-electron chi connectivity index (χ1n) is 9.27. The number of aromatic nitrogens is 1. The first-order valence-corrected chi connectivity index (χ1v) is 10.1. The summed E-state index contributed by atoms with van der Waals surface area (Å²) in [5.74, 6) is 0.446. The van der Waals surface area contributed by atoms with E-state index in [9.17, 15) is 9.59 Å². The molecule has 0 saturated carbocycles. The lowest BCUT2D eigenvalue weighted by atomic mass is 9.89. The van der Waals surface area contributed by atoms with Gasteiger partial charge in [-0.2, -0.15) is 0 Å². The Hall–Kier alpha value is -2.39. The molecule has 2 aromatic heterocycles. The van der Waals surface area contributed by atoms with Gasteiger partial charge >= 0.3 is 0 Å². The van der Waals surface area contributed by atoms with E-state index < -0.39 is 5.91 Å². The summed E-state index contributed by atoms with van der Waals surface area (Å²) in [6.45, 7) is 2.78. The van der Waals surface area contributed by atoms with Crippen molar-refractivity contribution in [3.63, 3.8) is 0 Å². The van der Waals surface area contributed by atoms with Crippen LogP contribution in [0, 0.1) is 0 Å². The molecule has 8 nitrogen and oxygen atoms in total. The second-order valence-corrected chi connectivity index (χ2v) is 8.06. The van der Waals surface area contributed by atoms with Gasteiger partial charge in [-0.15, -0.1) is 11.3 Å². The zero-order chi connectivity index (χ0) is 19.1. The standard InChI is InChI=1S/C18H24N6O2S/c19-9-12(25)23-5-7-24(8-6-23)17-11-4-2-1-3-10(11)13-14(20)15(16(21)26)27-18(13)22-17/h1-9,19-20H2,(H2,21,26). The molecule has 2 aromatic rings. The number of amides is 2. The number of thiophene rings is 1. The second kappa shape index (κ2) is 6.97. The number of hydrogen-bond acceptors (Lipinski definition) is 7. The first-order chi connectivity index (χ1) is 13.0. The summed E-state index contributed by atoms with van der Waals surface area (Å²) in [5.41, 5.74) is 20.1. The van der Waals surface area contributed by atoms with Crippen LogP contribution in [0.1, 0.15) is 33.6 Å². The molecule has 0 aromatic carbocycles. The normalized spacial score (nSPS) is 17.2. The largest absolute Gasteiger partial charge is 0.397 e. The van der Waals surface area contributed by atoms with Gasteiger partial charge in [0.2, 0.25) is 5.91 Å². The average molecular weight is 388 g/mol. The molecule has 6 N–H and O–H groups in total. The van der Waals surface area contributed by atoms with Gasteiger partial charge in [0.25, 0.3) is 5.91 Å². The number of aryl methyl sites for hydroxylation is 1. The summed E-state index contributed by atoms with van der Waals surface area (Å²) in [4.78, 5) is 33.7. The van der Waals surface area contributed by atoms with Gasteiger partial charge in [0.15, 0.2) is 0 Å². The lowest BCUT2D eigenvalue weighted by Gasteiger charge is -2.37. The summed E-state index contributed by atoms with van der Waals surface area (Å²) in [6, 6.07) is 0. The Labute approximate surface area is 161 Å². The molecule has 1 saturated heterocycles. The highest BCUT2D eigenvalue weighted by atomic mass is 32.1. The van der Waals surface area contributed by atoms with Gasteiger partial charge in [-0.3, -0.25) is 9.59 Å². The molecule has 0 unspecified atom stereocenters. The van der Waals surface area contributed by atoms with Crippen molar-refractivity contribution in [2.45, 2.75) is 25.7 Å². The van der Waals surface area contributed by atoms with Gasteiger partial charge in [0, 0.05) is 31.6 Å². The van der Waals surface area contributed by atoms with Crippen molar-refractivity contribution in [3.8, 4) is 0 Å². The molecule has 4 rings (SSSR count). The number of nitrogens with zero attached hydrogens (tertiary/aromatic N) is 3. The monoisotopic (exact) mass is 388 g/mol. The number of fused-ring (bicyclic) bond motifs is 3. The van der Waals surface area contributed by atoms with Crippen molar-refractivity contribution in [1.29, 1.82) is 0 Å². The number of carbonyl (C=O) groups excluding carboxylic acids is 2. The highest BCUT2D eigenvalue weighted by Crippen LogP contribution is 2.42. The molecule has 0 spiro atoms. The summed E-state index contributed by atoms with van der Waals surface area (Å²) < 4.78 is 0. The zero-order valence-electron chi connectivity index (χ0n) is 15.2. The van der Waals surface area contributed by atoms with Gasteiger partial charge in [0.05, 0.1) is 12.2 Å². The van der Waals surface area contributed by atoms with Crippen LogP contribution in [0.15, 0.2) is 0 Å². The van der Waals surface area contributed by atoms with Crippen LogP contribution < -0.4 is 22.1 Å². The predicted octanol–water partition coefficient (Wildman–Crippen LogP) is 0.464. The molecule has 1 aliphatic carbocycles. The van der Waals surface area contributed by atoms with E-state index in [1.807, 2.05) is 0 Å². The third-order valence-electron chi connectivity index (χ3n) is 5.50. The molecule has 9 heteroatoms. The Morgan fingerprint density at radius 2 is 1.74 bits per heavy atom. The Morgan fingerprint density at radius 3 is 2.37 bits per heavy atom. The topological polar surface area (TPSA) is 132 Å². The van der Waals surface area contributed by atoms with Crippen molar-refractivity contribution in [1.82, 2.24) is 9.88 Å². The Balaban J connectivity index is 1.75. The van der Waals surface area contributed by atoms with E-state index in [-0.39, 0.29) is 12.5 Å². The van der Waals surface area contributed by atoms with Gasteiger partial charge in [0.1, 0.15) is 15.5 Å². The first kappa shape index (κ1) is 18.0. The van der Waals surface area contributed by atoms with Crippen LogP contribution in [-0.2, 0) is 17.6 Å². The molecule has 2 aliphatic rings. The SMILES string of the molecule is NCC(=O)N1CCN(c2nc3sc(C(N)=O)c(N)c3c3c2CCCC3)CC1. The second-order valence-electron chi connectivity index (χ2n) is 7.06. The van der Waals surface area contributed by atoms with Crippen LogP contribution in [0.3, 0.4) is 0 Å². The number of carbonyl (C=O) groups is 2. The number of anilines is 2. The smallest absolute Gasteiger partial charge is 0.260 e. The summed E-state index contributed by atoms with van der Waals surface area (Å²) in [7, 11) is 0. The minimum atomic E-state index is -0.504. The third-order valence-corrected chi connectivity index (χ3v) is 6.62. The van der Waals surface area contributed by atoms with Crippen molar-refractivity contribution >= 4 is 44.9 Å². The molecule has 0 bridgehead atoms. The van der Waals surface area contributed by atoms with E-state index in [0.717, 1.165) is 54.8 Å². The van der Waals surface area contributed by atoms with Crippen LogP contribution >= 0.6 is 11.3 Å². The maximum Gasteiger partial charge on any atom is 0.260 e. The highest BCUT2D eigenvalue weighted by molar-refractivity contribution is 7.21. The molecule has 0 radical (unpaired) electrons. The minimum absolute atomic E-state index is 0.0165. The minimum Gasteiger partial charge on any atom is -0.397 e. The summed E-state index contributed by atoms with van der Waals surface area (Å²) in [5, 5.41) is 0.907. The van der Waals surface area contributed by atoms with E-state index in [2.05, 4.69) is 4.90 Å². The van der Waals surface area contributed by atoms with E-state index in [4.69, 9.17) is 22.2 Å². The molecule has 1 fully saturated rings. The number of nitrogens with two attached hydrogens (primary N) is 3. The fourth-order valence-corrected chi connectivity index (χ4v) is 5.11. The molecule has 3 heterocycles. The van der Waals surface area contributed by atoms with Gasteiger partial charge in [-0.05, 0) is 36.8 Å². The van der Waals surface area contributed by atoms with E-state index in [1.165, 1.54) is 22.5 Å². The maximum atomic E-state index is 11.8. The third kappa shape index (κ3) is 3.00. The maximum absolute atomic E-state index is 11.8. The molecule has 27 heavy (non-hydrogen) atoms. The number of nitrogen functional groups attached to an aromatic ring is 1. The Kier molecular flexibility index (Phi) is 4.65. The lowest BCUT2D eigenvalue weighted by Crippen LogP contribution is -2.50. The number of pyridine rings is 1. The van der Waals surface area contributed by atoms with Crippen molar-refractivity contribution in [3.05, 3.63) is 16.0 Å². The number of hydrogen-bond donors (Lipinski definition) is 3. The van der Waals surface area contributed by atoms with Crippen LogP contribution in [0.2, 0.25) is 0 Å². The summed E-state index contributed by atoms with van der Waals surface area (Å²) in [6.07, 6.45) is 4.11. The van der Waals surface area contributed by atoms with Crippen LogP contribution in [0.4, 0.5) is 11.5 Å². The van der Waals surface area contributed by atoms with E-state index in [1.54, 1.807) is 4.90 Å². The van der Waals surface area contributed by atoms with Crippen LogP contribution in [-0.4, -0.2) is 54.4 Å². The predicted molar refractivity (Wildman–Crippen MR) is 107 cm³/mol. The van der Waals surface area contributed by atoms with Crippen LogP contribution in [0.5, 0.6) is 0 Å². The fourth-order valence-electron chi connectivity index (χ4n) is 4.13. The molecule has 1 aliphatic heterocycles. The Bertz CT molecular complexity index is 916.